The molecule has 2 amide bonds. The average molecular weight is 352 g/mol. The van der Waals surface area contributed by atoms with E-state index in [1.54, 1.807) is 0 Å². The lowest BCUT2D eigenvalue weighted by molar-refractivity contribution is -0.147. The number of rotatable bonds is 1. The molecule has 1 spiro atoms. The SMILES string of the molecule is O=C(c1cncc(=O)[nH]1)N1CC[C@@H](O)[C@@]2(CCCNC2=O)C1.O=CO. The molecule has 0 bridgehead atoms. The highest BCUT2D eigenvalue weighted by molar-refractivity contribution is 5.93. The van der Waals surface area contributed by atoms with Gasteiger partial charge in [-0.1, -0.05) is 0 Å². The van der Waals surface area contributed by atoms with Gasteiger partial charge in [-0.05, 0) is 19.3 Å². The van der Waals surface area contributed by atoms with Crippen molar-refractivity contribution in [2.75, 3.05) is 19.6 Å². The Bertz CT molecular complexity index is 705. The number of hydrogen-bond acceptors (Lipinski definition) is 6. The molecule has 0 unspecified atom stereocenters. The predicted octanol–water partition coefficient (Wildman–Crippen LogP) is -1.43. The van der Waals surface area contributed by atoms with Crippen LogP contribution in [-0.2, 0) is 9.59 Å². The molecule has 0 aliphatic carbocycles. The van der Waals surface area contributed by atoms with Crippen LogP contribution in [0.4, 0.5) is 0 Å². The van der Waals surface area contributed by atoms with Crippen molar-refractivity contribution in [1.82, 2.24) is 20.2 Å². The first kappa shape index (κ1) is 18.6. The van der Waals surface area contributed by atoms with Crippen molar-refractivity contribution >= 4 is 18.3 Å². The average Bonchev–Trinajstić information content (AvgIpc) is 2.60. The van der Waals surface area contributed by atoms with E-state index in [9.17, 15) is 19.5 Å². The van der Waals surface area contributed by atoms with E-state index in [4.69, 9.17) is 9.90 Å². The lowest BCUT2D eigenvalue weighted by atomic mass is 9.71. The van der Waals surface area contributed by atoms with Crippen LogP contribution in [0.3, 0.4) is 0 Å². The summed E-state index contributed by atoms with van der Waals surface area (Å²) in [5, 5.41) is 20.0. The molecule has 0 radical (unpaired) electrons. The minimum Gasteiger partial charge on any atom is -0.483 e. The van der Waals surface area contributed by atoms with E-state index in [1.807, 2.05) is 0 Å². The molecule has 25 heavy (non-hydrogen) atoms. The van der Waals surface area contributed by atoms with E-state index in [2.05, 4.69) is 15.3 Å². The van der Waals surface area contributed by atoms with Crippen molar-refractivity contribution in [2.45, 2.75) is 25.4 Å². The van der Waals surface area contributed by atoms with Gasteiger partial charge in [0.1, 0.15) is 5.69 Å². The highest BCUT2D eigenvalue weighted by atomic mass is 16.3. The van der Waals surface area contributed by atoms with E-state index in [-0.39, 0.29) is 30.5 Å². The Kier molecular flexibility index (Phi) is 5.86. The molecule has 0 saturated carbocycles. The number of carbonyl (C=O) groups excluding carboxylic acids is 2. The Morgan fingerprint density at radius 3 is 2.76 bits per heavy atom. The Morgan fingerprint density at radius 1 is 1.40 bits per heavy atom. The number of carbonyl (C=O) groups is 3. The zero-order chi connectivity index (χ0) is 18.4. The van der Waals surface area contributed by atoms with Crippen LogP contribution in [0.5, 0.6) is 0 Å². The summed E-state index contributed by atoms with van der Waals surface area (Å²) in [6, 6.07) is 0. The van der Waals surface area contributed by atoms with Gasteiger partial charge in [0.25, 0.3) is 17.9 Å². The molecular weight excluding hydrogens is 332 g/mol. The second-order valence-corrected chi connectivity index (χ2v) is 5.96. The van der Waals surface area contributed by atoms with Crippen LogP contribution in [0, 0.1) is 5.41 Å². The number of carboxylic acid groups (broad SMARTS) is 1. The van der Waals surface area contributed by atoms with Crippen LogP contribution in [-0.4, -0.2) is 69.1 Å². The third kappa shape index (κ3) is 3.85. The van der Waals surface area contributed by atoms with Crippen LogP contribution >= 0.6 is 0 Å². The molecule has 2 atom stereocenters. The number of piperidine rings is 2. The fourth-order valence-corrected chi connectivity index (χ4v) is 3.27. The van der Waals surface area contributed by atoms with Crippen LogP contribution < -0.4 is 10.9 Å². The number of aliphatic hydroxyl groups excluding tert-OH is 1. The maximum absolute atomic E-state index is 12.5. The molecule has 2 saturated heterocycles. The smallest absolute Gasteiger partial charge is 0.290 e. The predicted molar refractivity (Wildman–Crippen MR) is 84.8 cm³/mol. The maximum atomic E-state index is 12.5. The quantitative estimate of drug-likeness (QED) is 0.452. The Hall–Kier alpha value is -2.75. The topological polar surface area (TPSA) is 153 Å². The van der Waals surface area contributed by atoms with E-state index < -0.39 is 17.1 Å². The number of H-pyrrole nitrogens is 1. The van der Waals surface area contributed by atoms with E-state index in [0.717, 1.165) is 12.6 Å². The van der Waals surface area contributed by atoms with Gasteiger partial charge < -0.3 is 25.4 Å². The number of aromatic amines is 1. The summed E-state index contributed by atoms with van der Waals surface area (Å²) in [4.78, 5) is 52.1. The summed E-state index contributed by atoms with van der Waals surface area (Å²) < 4.78 is 0. The fraction of sp³-hybridized carbons (Fsp3) is 0.533. The van der Waals surface area contributed by atoms with Crippen LogP contribution in [0.1, 0.15) is 29.8 Å². The van der Waals surface area contributed by atoms with Gasteiger partial charge in [-0.15, -0.1) is 0 Å². The number of amides is 2. The number of nitrogens with zero attached hydrogens (tertiary/aromatic N) is 2. The molecule has 2 aliphatic heterocycles. The summed E-state index contributed by atoms with van der Waals surface area (Å²) in [6.45, 7) is 0.832. The Balaban J connectivity index is 0.000000701. The monoisotopic (exact) mass is 352 g/mol. The molecule has 4 N–H and O–H groups in total. The van der Waals surface area contributed by atoms with Crippen molar-refractivity contribution in [3.63, 3.8) is 0 Å². The fourth-order valence-electron chi connectivity index (χ4n) is 3.27. The summed E-state index contributed by atoms with van der Waals surface area (Å²) in [5.41, 5.74) is -1.31. The molecule has 1 aromatic rings. The van der Waals surface area contributed by atoms with E-state index >= 15 is 0 Å². The van der Waals surface area contributed by atoms with Crippen molar-refractivity contribution in [3.05, 3.63) is 28.4 Å². The molecule has 3 heterocycles. The summed E-state index contributed by atoms with van der Waals surface area (Å²) >= 11 is 0. The third-order valence-electron chi connectivity index (χ3n) is 4.49. The molecule has 3 rings (SSSR count). The Labute approximate surface area is 142 Å². The van der Waals surface area contributed by atoms with Gasteiger partial charge in [-0.25, -0.2) is 0 Å². The summed E-state index contributed by atoms with van der Waals surface area (Å²) in [5.74, 6) is -0.585. The summed E-state index contributed by atoms with van der Waals surface area (Å²) in [6.07, 6.45) is 3.28. The van der Waals surface area contributed by atoms with Crippen LogP contribution in [0.25, 0.3) is 0 Å². The lowest BCUT2D eigenvalue weighted by Gasteiger charge is -2.46. The third-order valence-corrected chi connectivity index (χ3v) is 4.49. The van der Waals surface area contributed by atoms with Gasteiger partial charge in [0.05, 0.1) is 23.9 Å². The normalized spacial score (nSPS) is 25.6. The van der Waals surface area contributed by atoms with Gasteiger partial charge in [0.2, 0.25) is 5.91 Å². The molecule has 0 aromatic carbocycles. The second kappa shape index (κ2) is 7.88. The number of likely N-dealkylation sites (tertiary alicyclic amines) is 1. The minimum absolute atomic E-state index is 0.0928. The molecule has 10 heteroatoms. The van der Waals surface area contributed by atoms with Crippen molar-refractivity contribution in [1.29, 1.82) is 0 Å². The van der Waals surface area contributed by atoms with Crippen molar-refractivity contribution < 1.29 is 24.6 Å². The molecule has 2 fully saturated rings. The minimum atomic E-state index is -0.950. The molecule has 136 valence electrons. The lowest BCUT2D eigenvalue weighted by Crippen LogP contribution is -2.62. The number of nitrogens with one attached hydrogen (secondary N) is 2. The van der Waals surface area contributed by atoms with Crippen LogP contribution in [0.15, 0.2) is 17.2 Å². The first-order chi connectivity index (χ1) is 11.9. The zero-order valence-electron chi connectivity index (χ0n) is 13.5. The standard InChI is InChI=1S/C14H18N4O4.CH2O2/c19-10-2-5-18(8-14(10)3-1-4-16-13(14)22)12(21)9-6-15-7-11(20)17-9;2-1-3/h6-7,10,19H,1-5,8H2,(H,16,22)(H,17,20);1H,(H,2,3)/t10-,14-;/m1./s1. The van der Waals surface area contributed by atoms with Gasteiger partial charge in [-0.3, -0.25) is 24.2 Å². The Morgan fingerprint density at radius 2 is 2.12 bits per heavy atom. The number of aromatic nitrogens is 2. The van der Waals surface area contributed by atoms with Crippen molar-refractivity contribution in [2.24, 2.45) is 5.41 Å². The van der Waals surface area contributed by atoms with Gasteiger partial charge >= 0.3 is 0 Å². The second-order valence-electron chi connectivity index (χ2n) is 5.96. The highest BCUT2D eigenvalue weighted by Crippen LogP contribution is 2.37. The largest absolute Gasteiger partial charge is 0.483 e. The van der Waals surface area contributed by atoms with Gasteiger partial charge in [0.15, 0.2) is 0 Å². The maximum Gasteiger partial charge on any atom is 0.290 e. The number of hydrogen-bond donors (Lipinski definition) is 4. The summed E-state index contributed by atoms with van der Waals surface area (Å²) in [7, 11) is 0. The first-order valence-corrected chi connectivity index (χ1v) is 7.82. The zero-order valence-corrected chi connectivity index (χ0v) is 13.5. The van der Waals surface area contributed by atoms with Crippen LogP contribution in [0.2, 0.25) is 0 Å². The van der Waals surface area contributed by atoms with Gasteiger partial charge in [0, 0.05) is 19.6 Å². The van der Waals surface area contributed by atoms with E-state index in [1.165, 1.54) is 11.1 Å². The highest BCUT2D eigenvalue weighted by Gasteiger charge is 2.50. The van der Waals surface area contributed by atoms with E-state index in [0.29, 0.717) is 25.9 Å². The van der Waals surface area contributed by atoms with Gasteiger partial charge in [-0.2, -0.15) is 0 Å². The number of aliphatic hydroxyl groups is 1. The molecular formula is C15H20N4O6. The molecule has 10 nitrogen and oxygen atoms in total. The van der Waals surface area contributed by atoms with Crippen molar-refractivity contribution in [3.8, 4) is 0 Å². The first-order valence-electron chi connectivity index (χ1n) is 7.82. The molecule has 1 aromatic heterocycles. The molecule has 2 aliphatic rings.